The third-order valence-corrected chi connectivity index (χ3v) is 4.10. The Hall–Kier alpha value is -2.57. The van der Waals surface area contributed by atoms with Crippen LogP contribution in [0.4, 0.5) is 10.1 Å². The van der Waals surface area contributed by atoms with E-state index in [4.69, 9.17) is 27.9 Å². The lowest BCUT2D eigenvalue weighted by Gasteiger charge is -2.11. The van der Waals surface area contributed by atoms with Crippen molar-refractivity contribution >= 4 is 34.8 Å². The minimum Gasteiger partial charge on any atom is -0.482 e. The highest BCUT2D eigenvalue weighted by molar-refractivity contribution is 6.35. The van der Waals surface area contributed by atoms with Gasteiger partial charge in [0.1, 0.15) is 17.4 Å². The molecule has 0 aliphatic heterocycles. The van der Waals surface area contributed by atoms with Crippen molar-refractivity contribution in [1.29, 1.82) is 0 Å². The van der Waals surface area contributed by atoms with Gasteiger partial charge in [-0.15, -0.1) is 0 Å². The first-order chi connectivity index (χ1) is 12.4. The van der Waals surface area contributed by atoms with Crippen LogP contribution in [0.2, 0.25) is 10.0 Å². The molecule has 0 saturated heterocycles. The van der Waals surface area contributed by atoms with Crippen molar-refractivity contribution in [3.63, 3.8) is 0 Å². The number of hydrogen-bond acceptors (Lipinski definition) is 3. The van der Waals surface area contributed by atoms with Crippen molar-refractivity contribution in [2.75, 3.05) is 11.9 Å². The Bertz CT molecular complexity index is 959. The molecule has 134 valence electrons. The number of anilines is 1. The molecular weight excluding hydrogens is 380 g/mol. The predicted octanol–water partition coefficient (Wildman–Crippen LogP) is 4.64. The number of amides is 1. The standard InChI is InChI=1S/C18H14Cl2FN3O2/c1-11-22-6-7-24(11)16-4-3-13(9-15(16)21)23-18(25)10-26-17-5-2-12(19)8-14(17)20/h2-9H,10H2,1H3,(H,23,25). The maximum atomic E-state index is 14.3. The number of hydrogen-bond donors (Lipinski definition) is 1. The second-order valence-electron chi connectivity index (χ2n) is 5.42. The smallest absolute Gasteiger partial charge is 0.262 e. The largest absolute Gasteiger partial charge is 0.482 e. The van der Waals surface area contributed by atoms with E-state index in [1.54, 1.807) is 48.1 Å². The number of rotatable bonds is 5. The van der Waals surface area contributed by atoms with Crippen LogP contribution in [-0.2, 0) is 4.79 Å². The Kier molecular flexibility index (Phi) is 5.44. The molecule has 8 heteroatoms. The fraction of sp³-hybridized carbons (Fsp3) is 0.111. The molecule has 0 fully saturated rings. The van der Waals surface area contributed by atoms with Gasteiger partial charge in [0.05, 0.1) is 10.7 Å². The zero-order valence-electron chi connectivity index (χ0n) is 13.7. The van der Waals surface area contributed by atoms with E-state index in [2.05, 4.69) is 10.3 Å². The van der Waals surface area contributed by atoms with E-state index in [-0.39, 0.29) is 6.61 Å². The number of halogens is 3. The van der Waals surface area contributed by atoms with Gasteiger partial charge in [-0.25, -0.2) is 9.37 Å². The number of carbonyl (C=O) groups excluding carboxylic acids is 1. The molecule has 1 amide bonds. The monoisotopic (exact) mass is 393 g/mol. The lowest BCUT2D eigenvalue weighted by molar-refractivity contribution is -0.118. The number of aromatic nitrogens is 2. The molecule has 1 heterocycles. The Balaban J connectivity index is 1.64. The minimum atomic E-state index is -0.481. The molecule has 26 heavy (non-hydrogen) atoms. The number of nitrogens with one attached hydrogen (secondary N) is 1. The first-order valence-corrected chi connectivity index (χ1v) is 8.37. The predicted molar refractivity (Wildman–Crippen MR) is 98.8 cm³/mol. The summed E-state index contributed by atoms with van der Waals surface area (Å²) in [7, 11) is 0. The zero-order chi connectivity index (χ0) is 18.7. The van der Waals surface area contributed by atoms with E-state index in [9.17, 15) is 9.18 Å². The average Bonchev–Trinajstić information content (AvgIpc) is 3.00. The highest BCUT2D eigenvalue weighted by Gasteiger charge is 2.11. The van der Waals surface area contributed by atoms with Crippen LogP contribution >= 0.6 is 23.2 Å². The number of aryl methyl sites for hydroxylation is 1. The van der Waals surface area contributed by atoms with Gasteiger partial charge in [0.25, 0.3) is 5.91 Å². The Morgan fingerprint density at radius 2 is 2.08 bits per heavy atom. The summed E-state index contributed by atoms with van der Waals surface area (Å²) in [5, 5.41) is 3.34. The Labute approximate surface area is 159 Å². The number of nitrogens with zero attached hydrogens (tertiary/aromatic N) is 2. The maximum Gasteiger partial charge on any atom is 0.262 e. The van der Waals surface area contributed by atoms with Crippen LogP contribution in [0.1, 0.15) is 5.82 Å². The minimum absolute atomic E-state index is 0.272. The quantitative estimate of drug-likeness (QED) is 0.686. The normalized spacial score (nSPS) is 10.6. The average molecular weight is 394 g/mol. The topological polar surface area (TPSA) is 56.2 Å². The summed E-state index contributed by atoms with van der Waals surface area (Å²) in [6, 6.07) is 9.10. The van der Waals surface area contributed by atoms with Crippen LogP contribution in [0, 0.1) is 12.7 Å². The zero-order valence-corrected chi connectivity index (χ0v) is 15.2. The van der Waals surface area contributed by atoms with E-state index in [1.165, 1.54) is 12.1 Å². The van der Waals surface area contributed by atoms with Gasteiger partial charge in [-0.2, -0.15) is 0 Å². The first kappa shape index (κ1) is 18.2. The SMILES string of the molecule is Cc1nccn1-c1ccc(NC(=O)COc2ccc(Cl)cc2Cl)cc1F. The summed E-state index contributed by atoms with van der Waals surface area (Å²) in [6.45, 7) is 1.50. The lowest BCUT2D eigenvalue weighted by atomic mass is 10.2. The summed E-state index contributed by atoms with van der Waals surface area (Å²) >= 11 is 11.8. The van der Waals surface area contributed by atoms with Crippen LogP contribution in [0.5, 0.6) is 5.75 Å². The Morgan fingerprint density at radius 1 is 1.27 bits per heavy atom. The summed E-state index contributed by atoms with van der Waals surface area (Å²) in [6.07, 6.45) is 3.25. The molecule has 0 radical (unpaired) electrons. The van der Waals surface area contributed by atoms with Crippen LogP contribution in [0.3, 0.4) is 0 Å². The number of imidazole rings is 1. The molecule has 1 N–H and O–H groups in total. The molecule has 0 bridgehead atoms. The molecule has 0 unspecified atom stereocenters. The molecule has 3 aromatic rings. The fourth-order valence-corrected chi connectivity index (χ4v) is 2.81. The van der Waals surface area contributed by atoms with Crippen LogP contribution in [0.25, 0.3) is 5.69 Å². The summed E-state index contributed by atoms with van der Waals surface area (Å²) in [5.41, 5.74) is 0.669. The van der Waals surface area contributed by atoms with Crippen LogP contribution in [-0.4, -0.2) is 22.1 Å². The molecule has 0 aliphatic rings. The summed E-state index contributed by atoms with van der Waals surface area (Å²) in [5.74, 6) is 0.0739. The lowest BCUT2D eigenvalue weighted by Crippen LogP contribution is -2.20. The van der Waals surface area contributed by atoms with Crippen molar-refractivity contribution in [3.05, 3.63) is 70.5 Å². The molecule has 0 saturated carbocycles. The molecule has 0 aliphatic carbocycles. The molecule has 1 aromatic heterocycles. The second kappa shape index (κ2) is 7.76. The van der Waals surface area contributed by atoms with E-state index in [0.717, 1.165) is 0 Å². The summed E-state index contributed by atoms with van der Waals surface area (Å²) in [4.78, 5) is 16.1. The molecule has 0 spiro atoms. The van der Waals surface area contributed by atoms with Gasteiger partial charge in [0.15, 0.2) is 6.61 Å². The van der Waals surface area contributed by atoms with Crippen molar-refractivity contribution in [2.45, 2.75) is 6.92 Å². The van der Waals surface area contributed by atoms with Crippen LogP contribution in [0.15, 0.2) is 48.8 Å². The van der Waals surface area contributed by atoms with Crippen molar-refractivity contribution in [1.82, 2.24) is 9.55 Å². The molecule has 5 nitrogen and oxygen atoms in total. The molecule has 0 atom stereocenters. The van der Waals surface area contributed by atoms with E-state index < -0.39 is 11.7 Å². The van der Waals surface area contributed by atoms with Gasteiger partial charge < -0.3 is 14.6 Å². The Morgan fingerprint density at radius 3 is 2.73 bits per heavy atom. The summed E-state index contributed by atoms with van der Waals surface area (Å²) < 4.78 is 21.3. The van der Waals surface area contributed by atoms with Gasteiger partial charge in [-0.3, -0.25) is 4.79 Å². The first-order valence-electron chi connectivity index (χ1n) is 7.61. The van der Waals surface area contributed by atoms with E-state index in [0.29, 0.717) is 33.0 Å². The second-order valence-corrected chi connectivity index (χ2v) is 6.27. The van der Waals surface area contributed by atoms with Gasteiger partial charge >= 0.3 is 0 Å². The highest BCUT2D eigenvalue weighted by atomic mass is 35.5. The maximum absolute atomic E-state index is 14.3. The molecule has 3 rings (SSSR count). The van der Waals surface area contributed by atoms with Gasteiger partial charge in [-0.05, 0) is 43.3 Å². The molecule has 2 aromatic carbocycles. The molecular formula is C18H14Cl2FN3O2. The number of benzene rings is 2. The van der Waals surface area contributed by atoms with Gasteiger partial charge in [-0.1, -0.05) is 23.2 Å². The third-order valence-electron chi connectivity index (χ3n) is 3.57. The van der Waals surface area contributed by atoms with Gasteiger partial charge in [0, 0.05) is 23.1 Å². The van der Waals surface area contributed by atoms with E-state index >= 15 is 0 Å². The number of ether oxygens (including phenoxy) is 1. The van der Waals surface area contributed by atoms with E-state index in [1.807, 2.05) is 0 Å². The van der Waals surface area contributed by atoms with Gasteiger partial charge in [0.2, 0.25) is 0 Å². The fourth-order valence-electron chi connectivity index (χ4n) is 2.35. The van der Waals surface area contributed by atoms with Crippen molar-refractivity contribution in [3.8, 4) is 11.4 Å². The third kappa shape index (κ3) is 4.15. The van der Waals surface area contributed by atoms with Crippen molar-refractivity contribution < 1.29 is 13.9 Å². The van der Waals surface area contributed by atoms with Crippen molar-refractivity contribution in [2.24, 2.45) is 0 Å². The van der Waals surface area contributed by atoms with Crippen LogP contribution < -0.4 is 10.1 Å². The highest BCUT2D eigenvalue weighted by Crippen LogP contribution is 2.27. The number of carbonyl (C=O) groups is 1.